The lowest BCUT2D eigenvalue weighted by molar-refractivity contribution is -0.115. The monoisotopic (exact) mass is 395 g/mol. The summed E-state index contributed by atoms with van der Waals surface area (Å²) in [5, 5.41) is 11.0. The maximum absolute atomic E-state index is 13.1. The molecule has 8 nitrogen and oxygen atoms in total. The Morgan fingerprint density at radius 3 is 2.76 bits per heavy atom. The largest absolute Gasteiger partial charge is 0.497 e. The first-order valence-corrected chi connectivity index (χ1v) is 9.12. The molecule has 0 fully saturated rings. The molecule has 150 valence electrons. The first kappa shape index (κ1) is 19.3. The zero-order chi connectivity index (χ0) is 20.7. The van der Waals surface area contributed by atoms with Gasteiger partial charge in [-0.2, -0.15) is 0 Å². The lowest BCUT2D eigenvalue weighted by Gasteiger charge is -2.14. The molecule has 0 saturated heterocycles. The van der Waals surface area contributed by atoms with Crippen LogP contribution in [-0.4, -0.2) is 35.2 Å². The summed E-state index contributed by atoms with van der Waals surface area (Å²) in [6.07, 6.45) is -1.02. The van der Waals surface area contributed by atoms with Crippen LogP contribution in [0.15, 0.2) is 29.1 Å². The molecule has 8 heteroatoms. The van der Waals surface area contributed by atoms with Gasteiger partial charge in [0.05, 0.1) is 37.2 Å². The molecule has 0 amide bonds. The molecule has 1 atom stereocenters. The predicted molar refractivity (Wildman–Crippen MR) is 107 cm³/mol. The van der Waals surface area contributed by atoms with Crippen molar-refractivity contribution in [3.05, 3.63) is 56.9 Å². The molecule has 3 aromatic rings. The molecule has 0 aliphatic carbocycles. The number of aromatic nitrogens is 2. The van der Waals surface area contributed by atoms with Crippen LogP contribution in [0.5, 0.6) is 5.75 Å². The van der Waals surface area contributed by atoms with Gasteiger partial charge in [0.25, 0.3) is 5.56 Å². The number of nitrogens with zero attached hydrogens (tertiary/aromatic N) is 2. The summed E-state index contributed by atoms with van der Waals surface area (Å²) in [7, 11) is 3.05. The van der Waals surface area contributed by atoms with E-state index >= 15 is 0 Å². The Labute approximate surface area is 166 Å². The normalized spacial score (nSPS) is 13.2. The third kappa shape index (κ3) is 2.93. The molecular formula is C21H21N3O5. The average molecular weight is 395 g/mol. The number of carbonyl (C=O) groups is 1. The summed E-state index contributed by atoms with van der Waals surface area (Å²) >= 11 is 0. The van der Waals surface area contributed by atoms with Gasteiger partial charge in [0.2, 0.25) is 0 Å². The molecule has 29 heavy (non-hydrogen) atoms. The average Bonchev–Trinajstić information content (AvgIpc) is 3.11. The minimum atomic E-state index is -1.42. The van der Waals surface area contributed by atoms with E-state index in [-0.39, 0.29) is 29.8 Å². The molecule has 4 rings (SSSR count). The van der Waals surface area contributed by atoms with E-state index in [1.165, 1.54) is 7.11 Å². The van der Waals surface area contributed by atoms with Crippen molar-refractivity contribution >= 4 is 17.2 Å². The topological polar surface area (TPSA) is 117 Å². The number of aliphatic hydroxyl groups is 1. The lowest BCUT2D eigenvalue weighted by Crippen LogP contribution is -2.26. The van der Waals surface area contributed by atoms with Crippen LogP contribution in [0.1, 0.15) is 28.4 Å². The second kappa shape index (κ2) is 7.40. The van der Waals surface area contributed by atoms with Crippen LogP contribution in [0.25, 0.3) is 22.3 Å². The molecule has 1 aromatic carbocycles. The van der Waals surface area contributed by atoms with Crippen LogP contribution < -0.4 is 16.0 Å². The van der Waals surface area contributed by atoms with Crippen LogP contribution in [0.3, 0.4) is 0 Å². The Bertz CT molecular complexity index is 1190. The highest BCUT2D eigenvalue weighted by Gasteiger charge is 2.29. The number of hydrogen-bond donors (Lipinski definition) is 2. The number of benzene rings is 1. The second-order valence-electron chi connectivity index (χ2n) is 6.87. The van der Waals surface area contributed by atoms with Gasteiger partial charge < -0.3 is 29.7 Å². The predicted octanol–water partition coefficient (Wildman–Crippen LogP) is 1.27. The van der Waals surface area contributed by atoms with Crippen LogP contribution in [0.4, 0.5) is 0 Å². The molecular weight excluding hydrogens is 374 g/mol. The molecule has 0 radical (unpaired) electrons. The summed E-state index contributed by atoms with van der Waals surface area (Å²) in [6, 6.07) is 7.18. The zero-order valence-corrected chi connectivity index (χ0v) is 16.1. The summed E-state index contributed by atoms with van der Waals surface area (Å²) in [4.78, 5) is 29.1. The summed E-state index contributed by atoms with van der Waals surface area (Å²) < 4.78 is 12.0. The molecule has 1 unspecified atom stereocenters. The third-order valence-corrected chi connectivity index (χ3v) is 5.35. The van der Waals surface area contributed by atoms with Crippen LogP contribution >= 0.6 is 0 Å². The van der Waals surface area contributed by atoms with E-state index < -0.39 is 6.10 Å². The summed E-state index contributed by atoms with van der Waals surface area (Å²) in [5.74, 6) is 0.695. The summed E-state index contributed by atoms with van der Waals surface area (Å²) in [6.45, 7) is 0.572. The maximum atomic E-state index is 13.1. The van der Waals surface area contributed by atoms with Crippen molar-refractivity contribution in [1.29, 1.82) is 0 Å². The van der Waals surface area contributed by atoms with Crippen molar-refractivity contribution in [3.63, 3.8) is 0 Å². The van der Waals surface area contributed by atoms with E-state index in [0.29, 0.717) is 30.0 Å². The van der Waals surface area contributed by atoms with Crippen molar-refractivity contribution in [2.75, 3.05) is 14.2 Å². The van der Waals surface area contributed by atoms with E-state index in [4.69, 9.17) is 20.2 Å². The number of aldehydes is 1. The number of ether oxygens (including phenoxy) is 2. The highest BCUT2D eigenvalue weighted by molar-refractivity contribution is 5.89. The minimum absolute atomic E-state index is 0.00790. The Hall–Kier alpha value is -3.07. The van der Waals surface area contributed by atoms with Gasteiger partial charge in [-0.25, -0.2) is 4.98 Å². The van der Waals surface area contributed by atoms with E-state index in [2.05, 4.69) is 0 Å². The van der Waals surface area contributed by atoms with Crippen molar-refractivity contribution in [2.24, 2.45) is 5.73 Å². The van der Waals surface area contributed by atoms with Gasteiger partial charge >= 0.3 is 0 Å². The fourth-order valence-corrected chi connectivity index (χ4v) is 3.94. The molecule has 1 aliphatic heterocycles. The van der Waals surface area contributed by atoms with Gasteiger partial charge in [-0.05, 0) is 29.8 Å². The number of hydrogen-bond acceptors (Lipinski definition) is 7. The van der Waals surface area contributed by atoms with Crippen LogP contribution in [-0.2, 0) is 29.2 Å². The molecule has 3 heterocycles. The first-order valence-electron chi connectivity index (χ1n) is 9.12. The Kier molecular flexibility index (Phi) is 4.91. The number of methoxy groups -OCH3 is 2. The summed E-state index contributed by atoms with van der Waals surface area (Å²) in [5.41, 5.74) is 9.88. The number of nitrogens with two attached hydrogens (primary N) is 1. The van der Waals surface area contributed by atoms with Gasteiger partial charge in [-0.1, -0.05) is 0 Å². The molecule has 0 spiro atoms. The molecule has 0 bridgehead atoms. The standard InChI is InChI=1S/C21H21N3O5/c1-28-10-16-13(19(26)9-25)6-18-20-15(8-24(18)21(16)27)14(7-22)12-5-11(29-2)3-4-17(12)23-20/h3-6,9,19,26H,7-8,10,22H2,1-2H3. The van der Waals surface area contributed by atoms with Crippen LogP contribution in [0.2, 0.25) is 0 Å². The van der Waals surface area contributed by atoms with Gasteiger partial charge in [0, 0.05) is 35.7 Å². The number of aliphatic hydroxyl groups excluding tert-OH is 1. The van der Waals surface area contributed by atoms with Gasteiger partial charge in [-0.15, -0.1) is 0 Å². The quantitative estimate of drug-likeness (QED) is 0.472. The molecule has 3 N–H and O–H groups in total. The van der Waals surface area contributed by atoms with E-state index in [0.717, 1.165) is 22.0 Å². The SMILES string of the molecule is COCc1c(C(O)C=O)cc2n(c1=O)Cc1c-2nc2ccc(OC)cc2c1CN. The van der Waals surface area contributed by atoms with E-state index in [1.54, 1.807) is 17.7 Å². The smallest absolute Gasteiger partial charge is 0.257 e. The fraction of sp³-hybridized carbons (Fsp3) is 0.286. The molecule has 0 saturated carbocycles. The van der Waals surface area contributed by atoms with Crippen molar-refractivity contribution < 1.29 is 19.4 Å². The molecule has 2 aromatic heterocycles. The van der Waals surface area contributed by atoms with Crippen molar-refractivity contribution in [3.8, 4) is 17.1 Å². The van der Waals surface area contributed by atoms with Gasteiger partial charge in [-0.3, -0.25) is 4.79 Å². The number of rotatable bonds is 6. The van der Waals surface area contributed by atoms with Gasteiger partial charge in [0.1, 0.15) is 11.9 Å². The lowest BCUT2D eigenvalue weighted by atomic mass is 9.99. The zero-order valence-electron chi connectivity index (χ0n) is 16.1. The maximum Gasteiger partial charge on any atom is 0.257 e. The Morgan fingerprint density at radius 1 is 1.31 bits per heavy atom. The minimum Gasteiger partial charge on any atom is -0.497 e. The van der Waals surface area contributed by atoms with Crippen molar-refractivity contribution in [2.45, 2.75) is 25.8 Å². The van der Waals surface area contributed by atoms with Gasteiger partial charge in [0.15, 0.2) is 6.29 Å². The number of carbonyl (C=O) groups excluding carboxylic acids is 1. The highest BCUT2D eigenvalue weighted by atomic mass is 16.5. The highest BCUT2D eigenvalue weighted by Crippen LogP contribution is 2.37. The fourth-order valence-electron chi connectivity index (χ4n) is 3.94. The third-order valence-electron chi connectivity index (χ3n) is 5.35. The Balaban J connectivity index is 2.02. The number of fused-ring (bicyclic) bond motifs is 4. The Morgan fingerprint density at radius 2 is 2.10 bits per heavy atom. The van der Waals surface area contributed by atoms with E-state index in [9.17, 15) is 14.7 Å². The number of pyridine rings is 2. The molecule has 1 aliphatic rings. The van der Waals surface area contributed by atoms with Crippen molar-refractivity contribution in [1.82, 2.24) is 9.55 Å². The second-order valence-corrected chi connectivity index (χ2v) is 6.87. The first-order chi connectivity index (χ1) is 14.0. The van der Waals surface area contributed by atoms with E-state index in [1.807, 2.05) is 18.2 Å². The van der Waals surface area contributed by atoms with Crippen LogP contribution in [0, 0.1) is 0 Å².